The third kappa shape index (κ3) is 3.83. The standard InChI is InChI=1S/C14H14F2N4O4/c1-3-19-7-10(20(22)23)12(18-19)13(21)17-9-5-4-8(2)6-11(9)24-14(15)16/h4-7,14H,3H2,1-2H3,(H,17,21). The maximum Gasteiger partial charge on any atom is 0.387 e. The maximum atomic E-state index is 12.5. The molecule has 1 N–H and O–H groups in total. The molecule has 0 radical (unpaired) electrons. The van der Waals surface area contributed by atoms with Gasteiger partial charge in [0.25, 0.3) is 5.91 Å². The number of nitro groups is 1. The van der Waals surface area contributed by atoms with Crippen molar-refractivity contribution in [2.75, 3.05) is 5.32 Å². The van der Waals surface area contributed by atoms with E-state index in [1.165, 1.54) is 16.8 Å². The topological polar surface area (TPSA) is 99.3 Å². The number of carbonyl (C=O) groups excluding carboxylic acids is 1. The molecule has 24 heavy (non-hydrogen) atoms. The van der Waals surface area contributed by atoms with E-state index in [0.29, 0.717) is 12.1 Å². The first kappa shape index (κ1) is 17.3. The van der Waals surface area contributed by atoms with Crippen LogP contribution in [0.15, 0.2) is 24.4 Å². The normalized spacial score (nSPS) is 10.7. The first-order chi connectivity index (χ1) is 11.3. The van der Waals surface area contributed by atoms with Gasteiger partial charge >= 0.3 is 12.3 Å². The Morgan fingerprint density at radius 2 is 2.21 bits per heavy atom. The number of aryl methyl sites for hydroxylation is 2. The summed E-state index contributed by atoms with van der Waals surface area (Å²) >= 11 is 0. The van der Waals surface area contributed by atoms with E-state index in [1.54, 1.807) is 19.9 Å². The fourth-order valence-electron chi connectivity index (χ4n) is 1.98. The van der Waals surface area contributed by atoms with Crippen molar-refractivity contribution >= 4 is 17.3 Å². The smallest absolute Gasteiger partial charge is 0.387 e. The highest BCUT2D eigenvalue weighted by Gasteiger charge is 2.26. The van der Waals surface area contributed by atoms with Gasteiger partial charge in [-0.05, 0) is 31.5 Å². The van der Waals surface area contributed by atoms with Crippen LogP contribution in [-0.4, -0.2) is 27.2 Å². The number of alkyl halides is 2. The molecule has 0 unspecified atom stereocenters. The molecule has 10 heteroatoms. The Hall–Kier alpha value is -3.04. The lowest BCUT2D eigenvalue weighted by molar-refractivity contribution is -0.385. The summed E-state index contributed by atoms with van der Waals surface area (Å²) in [6.07, 6.45) is 1.13. The highest BCUT2D eigenvalue weighted by molar-refractivity contribution is 6.06. The maximum absolute atomic E-state index is 12.5. The molecule has 1 heterocycles. The number of halogens is 2. The van der Waals surface area contributed by atoms with Crippen LogP contribution in [0, 0.1) is 17.0 Å². The van der Waals surface area contributed by atoms with Crippen molar-refractivity contribution in [3.63, 3.8) is 0 Å². The SMILES string of the molecule is CCn1cc([N+](=O)[O-])c(C(=O)Nc2ccc(C)cc2OC(F)F)n1. The second-order valence-corrected chi connectivity index (χ2v) is 4.81. The van der Waals surface area contributed by atoms with Crippen LogP contribution < -0.4 is 10.1 Å². The molecule has 0 saturated heterocycles. The number of hydrogen-bond acceptors (Lipinski definition) is 5. The quantitative estimate of drug-likeness (QED) is 0.644. The summed E-state index contributed by atoms with van der Waals surface area (Å²) in [7, 11) is 0. The Balaban J connectivity index is 2.33. The Morgan fingerprint density at radius 3 is 2.79 bits per heavy atom. The van der Waals surface area contributed by atoms with Gasteiger partial charge in [0.15, 0.2) is 0 Å². The van der Waals surface area contributed by atoms with Gasteiger partial charge in [0.2, 0.25) is 5.69 Å². The van der Waals surface area contributed by atoms with Crippen LogP contribution in [0.25, 0.3) is 0 Å². The van der Waals surface area contributed by atoms with Crippen molar-refractivity contribution < 1.29 is 23.2 Å². The summed E-state index contributed by atoms with van der Waals surface area (Å²) < 4.78 is 30.5. The lowest BCUT2D eigenvalue weighted by Crippen LogP contribution is -2.16. The van der Waals surface area contributed by atoms with E-state index in [4.69, 9.17) is 0 Å². The van der Waals surface area contributed by atoms with Crippen LogP contribution in [-0.2, 0) is 6.54 Å². The van der Waals surface area contributed by atoms with E-state index >= 15 is 0 Å². The Labute approximate surface area is 135 Å². The van der Waals surface area contributed by atoms with E-state index < -0.39 is 28.8 Å². The lowest BCUT2D eigenvalue weighted by Gasteiger charge is -2.12. The van der Waals surface area contributed by atoms with Crippen LogP contribution in [0.3, 0.4) is 0 Å². The molecular formula is C14H14F2N4O4. The van der Waals surface area contributed by atoms with Crippen LogP contribution >= 0.6 is 0 Å². The minimum atomic E-state index is -3.07. The summed E-state index contributed by atoms with van der Waals surface area (Å²) in [5, 5.41) is 17.2. The number of ether oxygens (including phenoxy) is 1. The number of rotatable bonds is 6. The summed E-state index contributed by atoms with van der Waals surface area (Å²) in [4.78, 5) is 22.5. The van der Waals surface area contributed by atoms with Gasteiger partial charge < -0.3 is 10.1 Å². The van der Waals surface area contributed by atoms with E-state index in [2.05, 4.69) is 15.2 Å². The average molecular weight is 340 g/mol. The minimum Gasteiger partial charge on any atom is -0.433 e. The van der Waals surface area contributed by atoms with Gasteiger partial charge in [-0.1, -0.05) is 6.07 Å². The van der Waals surface area contributed by atoms with Crippen molar-refractivity contribution in [2.24, 2.45) is 0 Å². The van der Waals surface area contributed by atoms with Gasteiger partial charge in [0.1, 0.15) is 11.9 Å². The lowest BCUT2D eigenvalue weighted by atomic mass is 10.2. The van der Waals surface area contributed by atoms with Crippen LogP contribution in [0.1, 0.15) is 23.0 Å². The molecule has 0 atom stereocenters. The Morgan fingerprint density at radius 1 is 1.50 bits per heavy atom. The minimum absolute atomic E-state index is 0.0359. The second kappa shape index (κ2) is 7.02. The zero-order valence-electron chi connectivity index (χ0n) is 12.8. The summed E-state index contributed by atoms with van der Waals surface area (Å²) in [5.74, 6) is -1.13. The number of carbonyl (C=O) groups is 1. The molecule has 0 fully saturated rings. The van der Waals surface area contributed by atoms with Gasteiger partial charge in [-0.25, -0.2) is 0 Å². The van der Waals surface area contributed by atoms with Crippen LogP contribution in [0.5, 0.6) is 5.75 Å². The molecule has 128 valence electrons. The largest absolute Gasteiger partial charge is 0.433 e. The molecular weight excluding hydrogens is 326 g/mol. The number of anilines is 1. The fourth-order valence-corrected chi connectivity index (χ4v) is 1.98. The number of amides is 1. The summed E-state index contributed by atoms with van der Waals surface area (Å²) in [6.45, 7) is 0.624. The molecule has 1 amide bonds. The highest BCUT2D eigenvalue weighted by Crippen LogP contribution is 2.28. The molecule has 0 bridgehead atoms. The second-order valence-electron chi connectivity index (χ2n) is 4.81. The fraction of sp³-hybridized carbons (Fsp3) is 0.286. The first-order valence-electron chi connectivity index (χ1n) is 6.90. The molecule has 1 aromatic heterocycles. The Bertz CT molecular complexity index is 776. The predicted molar refractivity (Wildman–Crippen MR) is 80.3 cm³/mol. The third-order valence-corrected chi connectivity index (χ3v) is 3.08. The summed E-state index contributed by atoms with van der Waals surface area (Å²) in [5.41, 5.74) is -0.278. The number of nitrogens with one attached hydrogen (secondary N) is 1. The van der Waals surface area contributed by atoms with Crippen molar-refractivity contribution in [2.45, 2.75) is 27.0 Å². The molecule has 1 aromatic carbocycles. The predicted octanol–water partition coefficient (Wildman–Crippen LogP) is 2.97. The molecule has 8 nitrogen and oxygen atoms in total. The van der Waals surface area contributed by atoms with Gasteiger partial charge in [0, 0.05) is 6.54 Å². The molecule has 2 aromatic rings. The van der Waals surface area contributed by atoms with E-state index in [1.807, 2.05) is 0 Å². The zero-order valence-corrected chi connectivity index (χ0v) is 12.8. The van der Waals surface area contributed by atoms with Gasteiger partial charge in [0.05, 0.1) is 10.6 Å². The summed E-state index contributed by atoms with van der Waals surface area (Å²) in [6, 6.07) is 4.27. The van der Waals surface area contributed by atoms with Crippen molar-refractivity contribution in [3.05, 3.63) is 45.8 Å². The number of nitrogens with zero attached hydrogens (tertiary/aromatic N) is 3. The number of aromatic nitrogens is 2. The highest BCUT2D eigenvalue weighted by atomic mass is 19.3. The van der Waals surface area contributed by atoms with Crippen LogP contribution in [0.4, 0.5) is 20.2 Å². The van der Waals surface area contributed by atoms with Crippen molar-refractivity contribution in [3.8, 4) is 5.75 Å². The number of benzene rings is 1. The van der Waals surface area contributed by atoms with E-state index in [-0.39, 0.29) is 11.4 Å². The molecule has 0 saturated carbocycles. The van der Waals surface area contributed by atoms with Crippen LogP contribution in [0.2, 0.25) is 0 Å². The van der Waals surface area contributed by atoms with E-state index in [0.717, 1.165) is 6.20 Å². The number of hydrogen-bond donors (Lipinski definition) is 1. The average Bonchev–Trinajstić information content (AvgIpc) is 2.94. The monoisotopic (exact) mass is 340 g/mol. The molecule has 0 spiro atoms. The molecule has 0 aliphatic carbocycles. The van der Waals surface area contributed by atoms with Gasteiger partial charge in [-0.15, -0.1) is 0 Å². The van der Waals surface area contributed by atoms with E-state index in [9.17, 15) is 23.7 Å². The first-order valence-corrected chi connectivity index (χ1v) is 6.90. The molecule has 0 aliphatic heterocycles. The molecule has 2 rings (SSSR count). The molecule has 0 aliphatic rings. The Kier molecular flexibility index (Phi) is 5.07. The van der Waals surface area contributed by atoms with Crippen molar-refractivity contribution in [1.82, 2.24) is 9.78 Å². The van der Waals surface area contributed by atoms with Crippen molar-refractivity contribution in [1.29, 1.82) is 0 Å². The van der Waals surface area contributed by atoms with Gasteiger partial charge in [-0.3, -0.25) is 19.6 Å². The van der Waals surface area contributed by atoms with Gasteiger partial charge in [-0.2, -0.15) is 13.9 Å². The zero-order chi connectivity index (χ0) is 17.9. The third-order valence-electron chi connectivity index (χ3n) is 3.08.